The van der Waals surface area contributed by atoms with E-state index >= 15 is 0 Å². The van der Waals surface area contributed by atoms with E-state index in [0.29, 0.717) is 28.9 Å². The Labute approximate surface area is 176 Å². The minimum Gasteiger partial charge on any atom is -0.480 e. The molecule has 0 aliphatic carbocycles. The molecule has 7 heteroatoms. The van der Waals surface area contributed by atoms with Crippen LogP contribution in [0, 0.1) is 13.8 Å². The van der Waals surface area contributed by atoms with Crippen molar-refractivity contribution in [2.24, 2.45) is 0 Å². The second-order valence-electron chi connectivity index (χ2n) is 7.70. The van der Waals surface area contributed by atoms with Crippen LogP contribution in [-0.4, -0.2) is 29.1 Å². The van der Waals surface area contributed by atoms with Crippen molar-refractivity contribution in [1.29, 1.82) is 0 Å². The minimum absolute atomic E-state index is 0.335. The van der Waals surface area contributed by atoms with Gasteiger partial charge >= 0.3 is 11.6 Å². The maximum absolute atomic E-state index is 12.6. The molecule has 2 aromatic rings. The van der Waals surface area contributed by atoms with E-state index in [4.69, 9.17) is 14.3 Å². The number of amides is 1. The summed E-state index contributed by atoms with van der Waals surface area (Å²) in [5, 5.41) is 12.1. The van der Waals surface area contributed by atoms with Crippen LogP contribution in [0.4, 0.5) is 0 Å². The summed E-state index contributed by atoms with van der Waals surface area (Å²) in [5.41, 5.74) is 2.35. The molecule has 7 nitrogen and oxygen atoms in total. The van der Waals surface area contributed by atoms with Crippen LogP contribution in [0.2, 0.25) is 0 Å². The SMILES string of the molecule is CCCCCCc1c(C)c2ccc(O[C@@H](C)C(=O)N[C@@H](C)C(=O)O)c(C)c2oc1=O. The van der Waals surface area contributed by atoms with Crippen LogP contribution in [-0.2, 0) is 16.0 Å². The Hall–Kier alpha value is -2.83. The summed E-state index contributed by atoms with van der Waals surface area (Å²) >= 11 is 0. The van der Waals surface area contributed by atoms with Crippen LogP contribution in [0.3, 0.4) is 0 Å². The number of aliphatic carboxylic acids is 1. The topological polar surface area (TPSA) is 106 Å². The second-order valence-corrected chi connectivity index (χ2v) is 7.70. The number of hydrogen-bond donors (Lipinski definition) is 2. The van der Waals surface area contributed by atoms with Gasteiger partial charge in [-0.2, -0.15) is 0 Å². The third-order valence-electron chi connectivity index (χ3n) is 5.34. The molecule has 1 aromatic heterocycles. The predicted octanol–water partition coefficient (Wildman–Crippen LogP) is 3.89. The second kappa shape index (κ2) is 10.3. The van der Waals surface area contributed by atoms with Crippen molar-refractivity contribution in [2.75, 3.05) is 0 Å². The Kier molecular flexibility index (Phi) is 8.03. The highest BCUT2D eigenvalue weighted by Gasteiger charge is 2.22. The summed E-state index contributed by atoms with van der Waals surface area (Å²) < 4.78 is 11.4. The Balaban J connectivity index is 2.26. The highest BCUT2D eigenvalue weighted by Crippen LogP contribution is 2.30. The fraction of sp³-hybridized carbons (Fsp3) is 0.522. The zero-order valence-corrected chi connectivity index (χ0v) is 18.3. The van der Waals surface area contributed by atoms with Crippen LogP contribution in [0.1, 0.15) is 63.1 Å². The van der Waals surface area contributed by atoms with E-state index in [9.17, 15) is 14.4 Å². The lowest BCUT2D eigenvalue weighted by atomic mass is 9.99. The summed E-state index contributed by atoms with van der Waals surface area (Å²) in [6, 6.07) is 2.56. The molecule has 2 rings (SSSR count). The number of carboxylic acids is 1. The Bertz CT molecular complexity index is 978. The summed E-state index contributed by atoms with van der Waals surface area (Å²) in [6.45, 7) is 8.76. The smallest absolute Gasteiger partial charge is 0.339 e. The molecule has 0 bridgehead atoms. The van der Waals surface area contributed by atoms with Crippen molar-refractivity contribution in [3.8, 4) is 5.75 Å². The van der Waals surface area contributed by atoms with E-state index in [2.05, 4.69) is 12.2 Å². The van der Waals surface area contributed by atoms with Gasteiger partial charge in [0.25, 0.3) is 5.91 Å². The van der Waals surface area contributed by atoms with E-state index in [1.54, 1.807) is 13.0 Å². The fourth-order valence-electron chi connectivity index (χ4n) is 3.35. The number of ether oxygens (including phenoxy) is 1. The van der Waals surface area contributed by atoms with Crippen LogP contribution in [0.25, 0.3) is 11.0 Å². The van der Waals surface area contributed by atoms with E-state index in [1.807, 2.05) is 13.0 Å². The first-order valence-electron chi connectivity index (χ1n) is 10.4. The van der Waals surface area contributed by atoms with E-state index < -0.39 is 24.0 Å². The molecule has 1 heterocycles. The van der Waals surface area contributed by atoms with Gasteiger partial charge in [0, 0.05) is 16.5 Å². The number of carboxylic acid groups (broad SMARTS) is 1. The van der Waals surface area contributed by atoms with Gasteiger partial charge in [0.05, 0.1) is 0 Å². The molecule has 30 heavy (non-hydrogen) atoms. The monoisotopic (exact) mass is 417 g/mol. The van der Waals surface area contributed by atoms with Gasteiger partial charge < -0.3 is 19.6 Å². The quantitative estimate of drug-likeness (QED) is 0.449. The number of carbonyl (C=O) groups excluding carboxylic acids is 1. The van der Waals surface area contributed by atoms with Crippen molar-refractivity contribution in [1.82, 2.24) is 5.32 Å². The van der Waals surface area contributed by atoms with Crippen molar-refractivity contribution >= 4 is 22.8 Å². The average molecular weight is 418 g/mol. The molecule has 0 saturated heterocycles. The van der Waals surface area contributed by atoms with Crippen molar-refractivity contribution < 1.29 is 23.8 Å². The predicted molar refractivity (Wildman–Crippen MR) is 115 cm³/mol. The standard InChI is InChI=1S/C23H31NO6/c1-6-7-8-9-10-18-13(2)17-11-12-19(14(3)20(17)30-23(18)28)29-16(5)21(25)24-15(4)22(26)27/h11-12,15-16H,6-10H2,1-5H3,(H,24,25)(H,26,27)/t15-,16-/m0/s1. The summed E-state index contributed by atoms with van der Waals surface area (Å²) in [5.74, 6) is -1.25. The molecule has 0 aliphatic heterocycles. The number of aryl methyl sites for hydroxylation is 2. The lowest BCUT2D eigenvalue weighted by molar-refractivity contribution is -0.142. The fourth-order valence-corrected chi connectivity index (χ4v) is 3.35. The average Bonchev–Trinajstić information content (AvgIpc) is 2.69. The van der Waals surface area contributed by atoms with Crippen molar-refractivity contribution in [2.45, 2.75) is 78.9 Å². The maximum Gasteiger partial charge on any atom is 0.339 e. The van der Waals surface area contributed by atoms with Gasteiger partial charge in [0.15, 0.2) is 6.10 Å². The van der Waals surface area contributed by atoms with Gasteiger partial charge in [-0.3, -0.25) is 9.59 Å². The van der Waals surface area contributed by atoms with Crippen LogP contribution in [0.15, 0.2) is 21.3 Å². The molecule has 0 unspecified atom stereocenters. The molecule has 0 spiro atoms. The zero-order valence-electron chi connectivity index (χ0n) is 18.3. The highest BCUT2D eigenvalue weighted by atomic mass is 16.5. The summed E-state index contributed by atoms with van der Waals surface area (Å²) in [7, 11) is 0. The minimum atomic E-state index is -1.12. The van der Waals surface area contributed by atoms with E-state index in [0.717, 1.165) is 36.6 Å². The highest BCUT2D eigenvalue weighted by molar-refractivity contribution is 5.87. The number of unbranched alkanes of at least 4 members (excludes halogenated alkanes) is 3. The van der Waals surface area contributed by atoms with Gasteiger partial charge in [-0.25, -0.2) is 4.79 Å². The molecule has 1 amide bonds. The Morgan fingerprint density at radius 2 is 1.83 bits per heavy atom. The molecule has 1 aromatic carbocycles. The Morgan fingerprint density at radius 1 is 1.13 bits per heavy atom. The molecule has 2 N–H and O–H groups in total. The van der Waals surface area contributed by atoms with Gasteiger partial charge in [-0.05, 0) is 58.2 Å². The largest absolute Gasteiger partial charge is 0.480 e. The third kappa shape index (κ3) is 5.40. The zero-order chi connectivity index (χ0) is 22.4. The molecule has 0 fully saturated rings. The van der Waals surface area contributed by atoms with Crippen molar-refractivity contribution in [3.05, 3.63) is 39.2 Å². The molecular formula is C23H31NO6. The lowest BCUT2D eigenvalue weighted by Crippen LogP contribution is -2.44. The lowest BCUT2D eigenvalue weighted by Gasteiger charge is -2.18. The van der Waals surface area contributed by atoms with Crippen molar-refractivity contribution in [3.63, 3.8) is 0 Å². The van der Waals surface area contributed by atoms with Gasteiger partial charge in [-0.1, -0.05) is 26.2 Å². The molecule has 2 atom stereocenters. The first kappa shape index (κ1) is 23.4. The number of hydrogen-bond acceptors (Lipinski definition) is 5. The molecule has 0 saturated carbocycles. The Morgan fingerprint density at radius 3 is 2.47 bits per heavy atom. The van der Waals surface area contributed by atoms with E-state index in [1.165, 1.54) is 13.8 Å². The normalized spacial score (nSPS) is 13.1. The molecule has 164 valence electrons. The van der Waals surface area contributed by atoms with Crippen LogP contribution < -0.4 is 15.7 Å². The first-order valence-corrected chi connectivity index (χ1v) is 10.4. The van der Waals surface area contributed by atoms with Gasteiger partial charge in [0.1, 0.15) is 17.4 Å². The van der Waals surface area contributed by atoms with Gasteiger partial charge in [0.2, 0.25) is 0 Å². The van der Waals surface area contributed by atoms with Gasteiger partial charge in [-0.15, -0.1) is 0 Å². The van der Waals surface area contributed by atoms with Crippen LogP contribution in [0.5, 0.6) is 5.75 Å². The number of fused-ring (bicyclic) bond motifs is 1. The number of carbonyl (C=O) groups is 2. The van der Waals surface area contributed by atoms with Crippen LogP contribution >= 0.6 is 0 Å². The first-order chi connectivity index (χ1) is 14.2. The molecular weight excluding hydrogens is 386 g/mol. The third-order valence-corrected chi connectivity index (χ3v) is 5.34. The molecule has 0 radical (unpaired) electrons. The molecule has 0 aliphatic rings. The number of benzene rings is 1. The van der Waals surface area contributed by atoms with E-state index in [-0.39, 0.29) is 5.63 Å². The summed E-state index contributed by atoms with van der Waals surface area (Å²) in [4.78, 5) is 35.6. The number of rotatable bonds is 10. The number of nitrogens with one attached hydrogen (secondary N) is 1. The maximum atomic E-state index is 12.6. The summed E-state index contributed by atoms with van der Waals surface area (Å²) in [6.07, 6.45) is 4.11.